The van der Waals surface area contributed by atoms with Crippen LogP contribution in [0.1, 0.15) is 71.6 Å². The third-order valence-electron chi connectivity index (χ3n) is 8.55. The van der Waals surface area contributed by atoms with E-state index in [4.69, 9.17) is 4.74 Å². The number of rotatable bonds is 2. The number of allylic oxidation sites excluding steroid dienone is 2. The van der Waals surface area contributed by atoms with Gasteiger partial charge in [-0.25, -0.2) is 0 Å². The van der Waals surface area contributed by atoms with Crippen LogP contribution in [-0.2, 0) is 9.53 Å². The summed E-state index contributed by atoms with van der Waals surface area (Å²) in [5.41, 5.74) is 3.95. The lowest BCUT2D eigenvalue weighted by atomic mass is 9.53. The van der Waals surface area contributed by atoms with Crippen molar-refractivity contribution in [2.24, 2.45) is 29.1 Å². The molecule has 5 rings (SSSR count). The van der Waals surface area contributed by atoms with Gasteiger partial charge >= 0.3 is 0 Å². The average molecular weight is 314 g/mol. The zero-order valence-corrected chi connectivity index (χ0v) is 14.7. The molecule has 0 aromatic heterocycles. The Morgan fingerprint density at radius 3 is 2.91 bits per heavy atom. The van der Waals surface area contributed by atoms with Crippen molar-refractivity contribution < 1.29 is 9.53 Å². The Labute approximate surface area is 140 Å². The first-order chi connectivity index (χ1) is 11.1. The van der Waals surface area contributed by atoms with Gasteiger partial charge in [-0.3, -0.25) is 4.79 Å². The number of carbonyl (C=O) groups is 1. The van der Waals surface area contributed by atoms with E-state index in [1.165, 1.54) is 38.5 Å². The number of Topliss-reactive ketones (excluding diaryl/α,β-unsaturated/α-hetero) is 1. The third kappa shape index (κ3) is 1.77. The number of hydrogen-bond donors (Lipinski definition) is 0. The SMILES string of the molecule is CCO[C@@]12C[C@@H]1C[C@H]1[C@@H]3CCC4=C(CCC(=O)C4)[C@H]3CC[C@@]12C. The maximum atomic E-state index is 11.8. The molecule has 126 valence electrons. The Morgan fingerprint density at radius 1 is 1.22 bits per heavy atom. The molecule has 0 heterocycles. The lowest BCUT2D eigenvalue weighted by Gasteiger charge is -2.53. The topological polar surface area (TPSA) is 26.3 Å². The van der Waals surface area contributed by atoms with Crippen LogP contribution < -0.4 is 0 Å². The van der Waals surface area contributed by atoms with Crippen LogP contribution in [0.5, 0.6) is 0 Å². The highest BCUT2D eigenvalue weighted by Gasteiger charge is 2.75. The molecule has 2 nitrogen and oxygen atoms in total. The highest BCUT2D eigenvalue weighted by atomic mass is 16.5. The minimum Gasteiger partial charge on any atom is -0.374 e. The van der Waals surface area contributed by atoms with E-state index in [0.717, 1.165) is 49.5 Å². The molecule has 0 saturated heterocycles. The Bertz CT molecular complexity index is 591. The van der Waals surface area contributed by atoms with Crippen molar-refractivity contribution in [1.29, 1.82) is 0 Å². The Morgan fingerprint density at radius 2 is 2.09 bits per heavy atom. The smallest absolute Gasteiger partial charge is 0.137 e. The van der Waals surface area contributed by atoms with Gasteiger partial charge in [0.05, 0.1) is 5.60 Å². The lowest BCUT2D eigenvalue weighted by molar-refractivity contribution is -0.119. The predicted octanol–water partition coefficient (Wildman–Crippen LogP) is 4.68. The molecule has 0 aromatic carbocycles. The molecule has 6 atom stereocenters. The summed E-state index contributed by atoms with van der Waals surface area (Å²) in [5.74, 6) is 3.89. The van der Waals surface area contributed by atoms with Crippen molar-refractivity contribution in [2.75, 3.05) is 6.61 Å². The minimum atomic E-state index is 0.245. The van der Waals surface area contributed by atoms with Crippen LogP contribution in [0.15, 0.2) is 11.1 Å². The van der Waals surface area contributed by atoms with E-state index in [2.05, 4.69) is 13.8 Å². The summed E-state index contributed by atoms with van der Waals surface area (Å²) in [6.07, 6.45) is 10.7. The number of ketones is 1. The molecule has 0 aromatic rings. The minimum absolute atomic E-state index is 0.245. The van der Waals surface area contributed by atoms with Crippen molar-refractivity contribution in [2.45, 2.75) is 77.2 Å². The second kappa shape index (κ2) is 4.71. The highest BCUT2D eigenvalue weighted by Crippen LogP contribution is 2.75. The van der Waals surface area contributed by atoms with Crippen LogP contribution in [0.4, 0.5) is 0 Å². The van der Waals surface area contributed by atoms with Gasteiger partial charge in [0.25, 0.3) is 0 Å². The van der Waals surface area contributed by atoms with Crippen LogP contribution in [0, 0.1) is 29.1 Å². The zero-order valence-electron chi connectivity index (χ0n) is 14.7. The zero-order chi connectivity index (χ0) is 15.8. The molecule has 3 fully saturated rings. The van der Waals surface area contributed by atoms with Crippen molar-refractivity contribution in [1.82, 2.24) is 0 Å². The number of fused-ring (bicyclic) bond motifs is 6. The molecule has 23 heavy (non-hydrogen) atoms. The van der Waals surface area contributed by atoms with E-state index in [-0.39, 0.29) is 5.60 Å². The van der Waals surface area contributed by atoms with Gasteiger partial charge in [-0.05, 0) is 81.0 Å². The Kier molecular flexibility index (Phi) is 3.01. The molecule has 0 N–H and O–H groups in total. The van der Waals surface area contributed by atoms with E-state index in [1.54, 1.807) is 11.1 Å². The molecule has 0 bridgehead atoms. The van der Waals surface area contributed by atoms with E-state index in [0.29, 0.717) is 11.2 Å². The first kappa shape index (κ1) is 14.7. The van der Waals surface area contributed by atoms with Gasteiger partial charge in [0, 0.05) is 19.4 Å². The fraction of sp³-hybridized carbons (Fsp3) is 0.857. The van der Waals surface area contributed by atoms with Gasteiger partial charge in [0.15, 0.2) is 0 Å². The van der Waals surface area contributed by atoms with Gasteiger partial charge in [-0.1, -0.05) is 18.1 Å². The van der Waals surface area contributed by atoms with E-state index < -0.39 is 0 Å². The van der Waals surface area contributed by atoms with Crippen LogP contribution in [0.3, 0.4) is 0 Å². The number of carbonyl (C=O) groups excluding carboxylic acids is 1. The van der Waals surface area contributed by atoms with E-state index in [1.807, 2.05) is 0 Å². The first-order valence-corrected chi connectivity index (χ1v) is 9.95. The molecule has 0 unspecified atom stereocenters. The molecule has 0 aliphatic heterocycles. The van der Waals surface area contributed by atoms with Crippen LogP contribution >= 0.6 is 0 Å². The molecule has 2 heteroatoms. The van der Waals surface area contributed by atoms with Crippen molar-refractivity contribution in [3.63, 3.8) is 0 Å². The van der Waals surface area contributed by atoms with Crippen LogP contribution in [0.25, 0.3) is 0 Å². The summed E-state index contributed by atoms with van der Waals surface area (Å²) in [6.45, 7) is 5.61. The fourth-order valence-corrected chi connectivity index (χ4v) is 7.52. The molecule has 0 radical (unpaired) electrons. The summed E-state index contributed by atoms with van der Waals surface area (Å²) >= 11 is 0. The van der Waals surface area contributed by atoms with Gasteiger partial charge in [0.1, 0.15) is 5.78 Å². The largest absolute Gasteiger partial charge is 0.374 e. The Hall–Kier alpha value is -0.630. The normalized spacial score (nSPS) is 51.0. The Balaban J connectivity index is 1.46. The standard InChI is InChI=1S/C21H30O2/c1-3-23-21-12-14(21)11-19-18-6-4-13-10-15(22)5-7-16(13)17(18)8-9-20(19,21)2/h14,17-19H,3-12H2,1-2H3/t14-,17+,18+,19-,20-,21-/m0/s1. The average Bonchev–Trinajstić information content (AvgIpc) is 3.18. The molecule has 3 saturated carbocycles. The summed E-state index contributed by atoms with van der Waals surface area (Å²) in [6, 6.07) is 0. The summed E-state index contributed by atoms with van der Waals surface area (Å²) in [4.78, 5) is 11.8. The lowest BCUT2D eigenvalue weighted by Crippen LogP contribution is -2.49. The predicted molar refractivity (Wildman–Crippen MR) is 90.0 cm³/mol. The maximum Gasteiger partial charge on any atom is 0.137 e. The molecule has 0 spiro atoms. The van der Waals surface area contributed by atoms with Crippen molar-refractivity contribution >= 4 is 5.78 Å². The molecule has 0 amide bonds. The molecule has 5 aliphatic carbocycles. The summed E-state index contributed by atoms with van der Waals surface area (Å²) in [7, 11) is 0. The van der Waals surface area contributed by atoms with Gasteiger partial charge < -0.3 is 4.74 Å². The third-order valence-corrected chi connectivity index (χ3v) is 8.55. The maximum absolute atomic E-state index is 11.8. The van der Waals surface area contributed by atoms with Crippen LogP contribution in [0.2, 0.25) is 0 Å². The van der Waals surface area contributed by atoms with Crippen molar-refractivity contribution in [3.8, 4) is 0 Å². The van der Waals surface area contributed by atoms with Gasteiger partial charge in [-0.15, -0.1) is 0 Å². The fourth-order valence-electron chi connectivity index (χ4n) is 7.52. The second-order valence-electron chi connectivity index (χ2n) is 9.18. The molecular weight excluding hydrogens is 284 g/mol. The highest BCUT2D eigenvalue weighted by molar-refractivity contribution is 5.82. The quantitative estimate of drug-likeness (QED) is 0.692. The van der Waals surface area contributed by atoms with Crippen molar-refractivity contribution in [3.05, 3.63) is 11.1 Å². The number of hydrogen-bond acceptors (Lipinski definition) is 2. The number of ether oxygens (including phenoxy) is 1. The summed E-state index contributed by atoms with van der Waals surface area (Å²) < 4.78 is 6.38. The van der Waals surface area contributed by atoms with E-state index >= 15 is 0 Å². The van der Waals surface area contributed by atoms with Crippen LogP contribution in [-0.4, -0.2) is 18.0 Å². The second-order valence-corrected chi connectivity index (χ2v) is 9.18. The molecular formula is C21H30O2. The van der Waals surface area contributed by atoms with E-state index in [9.17, 15) is 4.79 Å². The first-order valence-electron chi connectivity index (χ1n) is 9.95. The monoisotopic (exact) mass is 314 g/mol. The molecule has 5 aliphatic rings. The summed E-state index contributed by atoms with van der Waals surface area (Å²) in [5, 5.41) is 0. The van der Waals surface area contributed by atoms with Gasteiger partial charge in [0.2, 0.25) is 0 Å². The van der Waals surface area contributed by atoms with Gasteiger partial charge in [-0.2, -0.15) is 0 Å².